The van der Waals surface area contributed by atoms with Crippen LogP contribution in [0.5, 0.6) is 0 Å². The Hall–Kier alpha value is -2.69. The van der Waals surface area contributed by atoms with Crippen LogP contribution in [0.1, 0.15) is 40.1 Å². The minimum absolute atomic E-state index is 0.0567. The van der Waals surface area contributed by atoms with E-state index in [1.165, 1.54) is 0 Å². The van der Waals surface area contributed by atoms with Crippen LogP contribution in [0.2, 0.25) is 0 Å². The molecule has 2 rings (SSSR count). The number of hydrogen-bond acceptors (Lipinski definition) is 3. The second-order valence-electron chi connectivity index (χ2n) is 5.10. The zero-order chi connectivity index (χ0) is 16.7. The average Bonchev–Trinajstić information content (AvgIpc) is 2.61. The number of amides is 2. The molecule has 0 spiro atoms. The van der Waals surface area contributed by atoms with E-state index in [2.05, 4.69) is 10.3 Å². The molecule has 0 aliphatic carbocycles. The van der Waals surface area contributed by atoms with Gasteiger partial charge in [-0.25, -0.2) is 0 Å². The van der Waals surface area contributed by atoms with E-state index in [0.717, 1.165) is 5.56 Å². The highest BCUT2D eigenvalue weighted by molar-refractivity contribution is 5.99. The summed E-state index contributed by atoms with van der Waals surface area (Å²) in [7, 11) is 0. The number of pyridine rings is 1. The average molecular weight is 311 g/mol. The minimum atomic E-state index is -0.198. The highest BCUT2D eigenvalue weighted by atomic mass is 16.2. The third-order valence-electron chi connectivity index (χ3n) is 3.62. The van der Waals surface area contributed by atoms with Crippen molar-refractivity contribution in [1.29, 1.82) is 0 Å². The van der Waals surface area contributed by atoms with Crippen LogP contribution in [-0.2, 0) is 6.54 Å². The summed E-state index contributed by atoms with van der Waals surface area (Å²) >= 11 is 0. The molecule has 0 aliphatic rings. The van der Waals surface area contributed by atoms with Gasteiger partial charge < -0.3 is 10.2 Å². The second kappa shape index (κ2) is 8.08. The van der Waals surface area contributed by atoms with Crippen LogP contribution in [-0.4, -0.2) is 34.8 Å². The summed E-state index contributed by atoms with van der Waals surface area (Å²) in [5.41, 5.74) is 1.99. The number of hydrogen-bond donors (Lipinski definition) is 1. The maximum Gasteiger partial charge on any atom is 0.253 e. The Labute approximate surface area is 136 Å². The van der Waals surface area contributed by atoms with Gasteiger partial charge in [-0.15, -0.1) is 0 Å². The van der Waals surface area contributed by atoms with E-state index in [-0.39, 0.29) is 11.8 Å². The molecule has 1 heterocycles. The summed E-state index contributed by atoms with van der Waals surface area (Å²) in [6, 6.07) is 10.5. The molecule has 0 atom stereocenters. The monoisotopic (exact) mass is 311 g/mol. The SMILES string of the molecule is CCN(CC)C(=O)c1cccc(C(=O)NCc2ccncc2)c1. The fraction of sp³-hybridized carbons (Fsp3) is 0.278. The summed E-state index contributed by atoms with van der Waals surface area (Å²) < 4.78 is 0. The Balaban J connectivity index is 2.06. The number of carbonyl (C=O) groups excluding carboxylic acids is 2. The number of rotatable bonds is 6. The first kappa shape index (κ1) is 16.7. The molecule has 0 bridgehead atoms. The van der Waals surface area contributed by atoms with Gasteiger partial charge in [-0.2, -0.15) is 0 Å². The Morgan fingerprint density at radius 2 is 1.70 bits per heavy atom. The summed E-state index contributed by atoms with van der Waals surface area (Å²) in [5.74, 6) is -0.255. The number of benzene rings is 1. The molecular formula is C18H21N3O2. The van der Waals surface area contributed by atoms with E-state index in [9.17, 15) is 9.59 Å². The van der Waals surface area contributed by atoms with E-state index in [1.54, 1.807) is 41.6 Å². The lowest BCUT2D eigenvalue weighted by Gasteiger charge is -2.18. The number of aromatic nitrogens is 1. The number of nitrogens with zero attached hydrogens (tertiary/aromatic N) is 2. The van der Waals surface area contributed by atoms with Crippen molar-refractivity contribution in [3.05, 3.63) is 65.5 Å². The maximum absolute atomic E-state index is 12.3. The Kier molecular flexibility index (Phi) is 5.86. The molecule has 0 saturated heterocycles. The van der Waals surface area contributed by atoms with Crippen LogP contribution in [0.4, 0.5) is 0 Å². The van der Waals surface area contributed by atoms with Crippen molar-refractivity contribution >= 4 is 11.8 Å². The van der Waals surface area contributed by atoms with Crippen LogP contribution in [0.15, 0.2) is 48.8 Å². The summed E-state index contributed by atoms with van der Waals surface area (Å²) in [6.07, 6.45) is 3.37. The summed E-state index contributed by atoms with van der Waals surface area (Å²) in [4.78, 5) is 30.3. The zero-order valence-electron chi connectivity index (χ0n) is 13.5. The molecule has 0 fully saturated rings. The second-order valence-corrected chi connectivity index (χ2v) is 5.10. The molecule has 2 aromatic rings. The van der Waals surface area contributed by atoms with Gasteiger partial charge in [-0.1, -0.05) is 6.07 Å². The fourth-order valence-corrected chi connectivity index (χ4v) is 2.27. The van der Waals surface area contributed by atoms with Gasteiger partial charge in [0.15, 0.2) is 0 Å². The highest BCUT2D eigenvalue weighted by Crippen LogP contribution is 2.09. The first-order valence-corrected chi connectivity index (χ1v) is 7.72. The summed E-state index contributed by atoms with van der Waals surface area (Å²) in [6.45, 7) is 5.59. The lowest BCUT2D eigenvalue weighted by Crippen LogP contribution is -2.30. The molecule has 0 radical (unpaired) electrons. The highest BCUT2D eigenvalue weighted by Gasteiger charge is 2.14. The van der Waals surface area contributed by atoms with E-state index >= 15 is 0 Å². The van der Waals surface area contributed by atoms with Crippen molar-refractivity contribution in [2.75, 3.05) is 13.1 Å². The van der Waals surface area contributed by atoms with Crippen molar-refractivity contribution in [3.8, 4) is 0 Å². The van der Waals surface area contributed by atoms with E-state index in [4.69, 9.17) is 0 Å². The molecular weight excluding hydrogens is 290 g/mol. The van der Waals surface area contributed by atoms with Crippen molar-refractivity contribution < 1.29 is 9.59 Å². The Morgan fingerprint density at radius 3 is 2.35 bits per heavy atom. The largest absolute Gasteiger partial charge is 0.348 e. The quantitative estimate of drug-likeness (QED) is 0.891. The van der Waals surface area contributed by atoms with Gasteiger partial charge in [-0.05, 0) is 49.7 Å². The Bertz CT molecular complexity index is 667. The van der Waals surface area contributed by atoms with E-state index in [0.29, 0.717) is 30.8 Å². The van der Waals surface area contributed by atoms with Gasteiger partial charge in [0, 0.05) is 43.2 Å². The maximum atomic E-state index is 12.3. The molecule has 0 saturated carbocycles. The normalized spacial score (nSPS) is 10.2. The van der Waals surface area contributed by atoms with Gasteiger partial charge in [0.05, 0.1) is 0 Å². The van der Waals surface area contributed by atoms with Crippen molar-refractivity contribution in [2.24, 2.45) is 0 Å². The smallest absolute Gasteiger partial charge is 0.253 e. The van der Waals surface area contributed by atoms with Gasteiger partial charge in [-0.3, -0.25) is 14.6 Å². The molecule has 1 aromatic heterocycles. The molecule has 1 N–H and O–H groups in total. The lowest BCUT2D eigenvalue weighted by molar-refractivity contribution is 0.0773. The molecule has 5 heteroatoms. The lowest BCUT2D eigenvalue weighted by atomic mass is 10.1. The number of nitrogens with one attached hydrogen (secondary N) is 1. The molecule has 5 nitrogen and oxygen atoms in total. The van der Waals surface area contributed by atoms with E-state index < -0.39 is 0 Å². The predicted octanol–water partition coefficient (Wildman–Crippen LogP) is 2.49. The first-order valence-electron chi connectivity index (χ1n) is 7.72. The molecule has 0 aliphatic heterocycles. The van der Waals surface area contributed by atoms with Crippen LogP contribution in [0, 0.1) is 0 Å². The van der Waals surface area contributed by atoms with Crippen LogP contribution >= 0.6 is 0 Å². The molecule has 23 heavy (non-hydrogen) atoms. The van der Waals surface area contributed by atoms with Crippen molar-refractivity contribution in [2.45, 2.75) is 20.4 Å². The van der Waals surface area contributed by atoms with Crippen LogP contribution in [0.25, 0.3) is 0 Å². The Morgan fingerprint density at radius 1 is 1.04 bits per heavy atom. The topological polar surface area (TPSA) is 62.3 Å². The van der Waals surface area contributed by atoms with Gasteiger partial charge in [0.2, 0.25) is 0 Å². The van der Waals surface area contributed by atoms with Crippen molar-refractivity contribution in [3.63, 3.8) is 0 Å². The van der Waals surface area contributed by atoms with Crippen LogP contribution in [0.3, 0.4) is 0 Å². The minimum Gasteiger partial charge on any atom is -0.348 e. The summed E-state index contributed by atoms with van der Waals surface area (Å²) in [5, 5.41) is 2.85. The van der Waals surface area contributed by atoms with Crippen LogP contribution < -0.4 is 5.32 Å². The molecule has 2 amide bonds. The zero-order valence-corrected chi connectivity index (χ0v) is 13.5. The van der Waals surface area contributed by atoms with Crippen molar-refractivity contribution in [1.82, 2.24) is 15.2 Å². The van der Waals surface area contributed by atoms with Gasteiger partial charge >= 0.3 is 0 Å². The molecule has 1 aromatic carbocycles. The molecule has 120 valence electrons. The number of carbonyl (C=O) groups is 2. The van der Waals surface area contributed by atoms with Gasteiger partial charge in [0.25, 0.3) is 11.8 Å². The third-order valence-corrected chi connectivity index (χ3v) is 3.62. The van der Waals surface area contributed by atoms with E-state index in [1.807, 2.05) is 26.0 Å². The molecule has 0 unspecified atom stereocenters. The standard InChI is InChI=1S/C18H21N3O2/c1-3-21(4-2)18(23)16-7-5-6-15(12-16)17(22)20-13-14-8-10-19-11-9-14/h5-12H,3-4,13H2,1-2H3,(H,20,22). The predicted molar refractivity (Wildman–Crippen MR) is 89.1 cm³/mol. The first-order chi connectivity index (χ1) is 11.2. The third kappa shape index (κ3) is 4.39. The fourth-order valence-electron chi connectivity index (χ4n) is 2.27. The van der Waals surface area contributed by atoms with Gasteiger partial charge in [0.1, 0.15) is 0 Å².